The van der Waals surface area contributed by atoms with E-state index >= 15 is 0 Å². The van der Waals surface area contributed by atoms with E-state index in [0.29, 0.717) is 0 Å². The van der Waals surface area contributed by atoms with Crippen LogP contribution in [0.15, 0.2) is 12.6 Å². The zero-order chi connectivity index (χ0) is 16.9. The van der Waals surface area contributed by atoms with E-state index in [0.717, 1.165) is 48.2 Å². The molecule has 1 unspecified atom stereocenters. The van der Waals surface area contributed by atoms with Crippen LogP contribution in [0.25, 0.3) is 16.5 Å². The SMILES string of the molecule is [B]c1cc(C(=C)C)c2c(c(C)c(C)n2I)c1N1CCCC(N)C1. The molecule has 1 aromatic carbocycles. The van der Waals surface area contributed by atoms with Crippen LogP contribution in [0.4, 0.5) is 5.69 Å². The van der Waals surface area contributed by atoms with Gasteiger partial charge in [-0.25, -0.2) is 0 Å². The van der Waals surface area contributed by atoms with Gasteiger partial charge in [0.1, 0.15) is 7.85 Å². The van der Waals surface area contributed by atoms with Gasteiger partial charge in [-0.1, -0.05) is 18.1 Å². The average molecular weight is 419 g/mol. The summed E-state index contributed by atoms with van der Waals surface area (Å²) in [6.45, 7) is 12.4. The first-order chi connectivity index (χ1) is 10.8. The van der Waals surface area contributed by atoms with E-state index in [1.165, 1.54) is 22.2 Å². The van der Waals surface area contributed by atoms with Gasteiger partial charge in [0.25, 0.3) is 0 Å². The third-order valence-electron chi connectivity index (χ3n) is 4.94. The lowest BCUT2D eigenvalue weighted by Gasteiger charge is -2.35. The van der Waals surface area contributed by atoms with Gasteiger partial charge in [0.2, 0.25) is 0 Å². The summed E-state index contributed by atoms with van der Waals surface area (Å²) in [5, 5.41) is 1.25. The van der Waals surface area contributed by atoms with Gasteiger partial charge in [0, 0.05) is 41.5 Å². The molecule has 2 N–H and O–H groups in total. The van der Waals surface area contributed by atoms with Crippen molar-refractivity contribution in [1.82, 2.24) is 2.78 Å². The zero-order valence-electron chi connectivity index (χ0n) is 14.1. The van der Waals surface area contributed by atoms with Crippen LogP contribution in [0.2, 0.25) is 0 Å². The van der Waals surface area contributed by atoms with Gasteiger partial charge in [0.05, 0.1) is 28.4 Å². The number of piperidine rings is 1. The van der Waals surface area contributed by atoms with Crippen LogP contribution in [-0.2, 0) is 0 Å². The van der Waals surface area contributed by atoms with Gasteiger partial charge in [-0.3, -0.25) is 2.78 Å². The lowest BCUT2D eigenvalue weighted by atomic mass is 9.86. The van der Waals surface area contributed by atoms with E-state index in [1.807, 2.05) is 6.92 Å². The van der Waals surface area contributed by atoms with Crippen LogP contribution in [-0.4, -0.2) is 29.8 Å². The third kappa shape index (κ3) is 2.72. The maximum Gasteiger partial charge on any atom is 0.116 e. The minimum Gasteiger partial charge on any atom is -0.370 e. The second-order valence-electron chi connectivity index (χ2n) is 6.71. The fourth-order valence-corrected chi connectivity index (χ4v) is 4.48. The molecule has 1 atom stereocenters. The van der Waals surface area contributed by atoms with E-state index in [9.17, 15) is 0 Å². The van der Waals surface area contributed by atoms with Crippen LogP contribution in [0, 0.1) is 13.8 Å². The molecule has 2 aromatic rings. The fourth-order valence-electron chi connectivity index (χ4n) is 3.62. The summed E-state index contributed by atoms with van der Waals surface area (Å²) in [5.74, 6) is 0. The number of halogens is 1. The first-order valence-corrected chi connectivity index (χ1v) is 9.06. The van der Waals surface area contributed by atoms with E-state index in [1.54, 1.807) is 0 Å². The standard InChI is InChI=1S/C18H23BIN3/c1-10(2)14-8-15(19)18(22-7-5-6-13(21)9-22)16-11(3)12(4)23(20)17(14)16/h8,13H,1,5-7,9,21H2,2-4H3. The van der Waals surface area contributed by atoms with Gasteiger partial charge in [-0.15, -0.1) is 0 Å². The number of rotatable bonds is 2. The molecule has 0 bridgehead atoms. The molecule has 23 heavy (non-hydrogen) atoms. The molecule has 1 aliphatic heterocycles. The van der Waals surface area contributed by atoms with Crippen molar-refractivity contribution in [2.75, 3.05) is 18.0 Å². The molecule has 0 aliphatic carbocycles. The summed E-state index contributed by atoms with van der Waals surface area (Å²) >= 11 is 2.38. The lowest BCUT2D eigenvalue weighted by Crippen LogP contribution is -2.44. The Morgan fingerprint density at radius 1 is 1.43 bits per heavy atom. The summed E-state index contributed by atoms with van der Waals surface area (Å²) in [5.41, 5.74) is 14.1. The predicted molar refractivity (Wildman–Crippen MR) is 110 cm³/mol. The van der Waals surface area contributed by atoms with Crippen molar-refractivity contribution in [3.8, 4) is 0 Å². The van der Waals surface area contributed by atoms with Crippen LogP contribution in [0.1, 0.15) is 36.6 Å². The molecule has 3 rings (SSSR count). The molecule has 2 radical (unpaired) electrons. The maximum absolute atomic E-state index is 6.49. The Morgan fingerprint density at radius 3 is 2.74 bits per heavy atom. The van der Waals surface area contributed by atoms with E-state index in [-0.39, 0.29) is 6.04 Å². The largest absolute Gasteiger partial charge is 0.370 e. The Hall–Kier alpha value is -0.945. The van der Waals surface area contributed by atoms with Gasteiger partial charge < -0.3 is 10.6 Å². The van der Waals surface area contributed by atoms with Crippen LogP contribution in [0.5, 0.6) is 0 Å². The Bertz CT molecular complexity index is 794. The van der Waals surface area contributed by atoms with Crippen LogP contribution in [0.3, 0.4) is 0 Å². The topological polar surface area (TPSA) is 34.2 Å². The molecule has 0 spiro atoms. The molecule has 5 heteroatoms. The van der Waals surface area contributed by atoms with Crippen molar-refractivity contribution >= 4 is 58.3 Å². The highest BCUT2D eigenvalue weighted by Gasteiger charge is 2.25. The number of anilines is 1. The van der Waals surface area contributed by atoms with Gasteiger partial charge in [-0.2, -0.15) is 0 Å². The normalized spacial score (nSPS) is 18.7. The summed E-state index contributed by atoms with van der Waals surface area (Å²) in [4.78, 5) is 2.37. The highest BCUT2D eigenvalue weighted by molar-refractivity contribution is 14.1. The number of fused-ring (bicyclic) bond motifs is 1. The summed E-state index contributed by atoms with van der Waals surface area (Å²) in [7, 11) is 6.49. The molecular formula is C18H23BIN3. The first kappa shape index (κ1) is 16.9. The molecule has 0 amide bonds. The smallest absolute Gasteiger partial charge is 0.116 e. The Labute approximate surface area is 153 Å². The molecular weight excluding hydrogens is 396 g/mol. The number of nitrogens with two attached hydrogens (primary N) is 1. The molecule has 1 saturated heterocycles. The van der Waals surface area contributed by atoms with Gasteiger partial charge in [-0.05, 0) is 44.7 Å². The van der Waals surface area contributed by atoms with Crippen molar-refractivity contribution in [1.29, 1.82) is 0 Å². The second-order valence-corrected chi connectivity index (χ2v) is 7.67. The van der Waals surface area contributed by atoms with Crippen LogP contribution >= 0.6 is 22.9 Å². The highest BCUT2D eigenvalue weighted by Crippen LogP contribution is 2.38. The average Bonchev–Trinajstić information content (AvgIpc) is 2.71. The quantitative estimate of drug-likeness (QED) is 0.600. The molecule has 2 heterocycles. The second kappa shape index (κ2) is 6.17. The molecule has 3 nitrogen and oxygen atoms in total. The molecule has 0 saturated carbocycles. The van der Waals surface area contributed by atoms with Crippen molar-refractivity contribution in [3.05, 3.63) is 29.5 Å². The number of hydrogen-bond donors (Lipinski definition) is 1. The number of aromatic nitrogens is 1. The monoisotopic (exact) mass is 419 g/mol. The summed E-state index contributed by atoms with van der Waals surface area (Å²) < 4.78 is 2.24. The van der Waals surface area contributed by atoms with E-state index in [4.69, 9.17) is 13.6 Å². The minimum atomic E-state index is 0.224. The zero-order valence-corrected chi connectivity index (χ0v) is 16.3. The molecule has 1 aliphatic rings. The summed E-state index contributed by atoms with van der Waals surface area (Å²) in [6.07, 6.45) is 2.21. The Balaban J connectivity index is 2.34. The lowest BCUT2D eigenvalue weighted by molar-refractivity contribution is 0.507. The van der Waals surface area contributed by atoms with Crippen molar-refractivity contribution in [3.63, 3.8) is 0 Å². The van der Waals surface area contributed by atoms with E-state index in [2.05, 4.69) is 57.0 Å². The highest BCUT2D eigenvalue weighted by atomic mass is 127. The molecule has 120 valence electrons. The maximum atomic E-state index is 6.49. The minimum absolute atomic E-state index is 0.224. The van der Waals surface area contributed by atoms with Crippen molar-refractivity contribution in [2.45, 2.75) is 39.7 Å². The van der Waals surface area contributed by atoms with Gasteiger partial charge in [0.15, 0.2) is 0 Å². The van der Waals surface area contributed by atoms with Crippen molar-refractivity contribution in [2.24, 2.45) is 5.73 Å². The Morgan fingerprint density at radius 2 is 2.13 bits per heavy atom. The third-order valence-corrected chi connectivity index (χ3v) is 6.15. The number of hydrogen-bond acceptors (Lipinski definition) is 2. The molecule has 1 fully saturated rings. The van der Waals surface area contributed by atoms with Crippen LogP contribution < -0.4 is 16.1 Å². The number of aryl methyl sites for hydroxylation is 1. The predicted octanol–water partition coefficient (Wildman–Crippen LogP) is 3.21. The Kier molecular flexibility index (Phi) is 4.53. The summed E-state index contributed by atoms with van der Waals surface area (Å²) in [6, 6.07) is 2.30. The number of nitrogens with zero attached hydrogens (tertiary/aromatic N) is 2. The van der Waals surface area contributed by atoms with Gasteiger partial charge >= 0.3 is 0 Å². The first-order valence-electron chi connectivity index (χ1n) is 8.09. The number of benzene rings is 1. The fraction of sp³-hybridized carbons (Fsp3) is 0.444. The van der Waals surface area contributed by atoms with Crippen molar-refractivity contribution < 1.29 is 0 Å². The molecule has 1 aromatic heterocycles. The van der Waals surface area contributed by atoms with E-state index < -0.39 is 0 Å². The number of allylic oxidation sites excluding steroid dienone is 1.